The van der Waals surface area contributed by atoms with Crippen molar-refractivity contribution in [3.05, 3.63) is 47.0 Å². The van der Waals surface area contributed by atoms with Crippen LogP contribution in [0.2, 0.25) is 0 Å². The summed E-state index contributed by atoms with van der Waals surface area (Å²) in [6.45, 7) is 12.0. The van der Waals surface area contributed by atoms with E-state index in [9.17, 15) is 4.79 Å². The highest BCUT2D eigenvalue weighted by molar-refractivity contribution is 9.10. The topological polar surface area (TPSA) is 26.3 Å². The Bertz CT molecular complexity index is 508. The fourth-order valence-electron chi connectivity index (χ4n) is 2.18. The van der Waals surface area contributed by atoms with Gasteiger partial charge in [0, 0.05) is 11.1 Å². The van der Waals surface area contributed by atoms with Crippen molar-refractivity contribution in [2.24, 2.45) is 0 Å². The van der Waals surface area contributed by atoms with Gasteiger partial charge in [0.05, 0.1) is 11.0 Å². The minimum absolute atomic E-state index is 0.184. The Kier molecular flexibility index (Phi) is 6.36. The van der Waals surface area contributed by atoms with Gasteiger partial charge in [-0.2, -0.15) is 0 Å². The van der Waals surface area contributed by atoms with Gasteiger partial charge in [0.2, 0.25) is 0 Å². The molecule has 1 unspecified atom stereocenters. The van der Waals surface area contributed by atoms with Gasteiger partial charge in [-0.25, -0.2) is 0 Å². The highest BCUT2D eigenvalue weighted by Crippen LogP contribution is 2.32. The highest BCUT2D eigenvalue weighted by Gasteiger charge is 2.31. The van der Waals surface area contributed by atoms with Crippen LogP contribution in [0.1, 0.15) is 46.1 Å². The molecule has 0 amide bonds. The Morgan fingerprint density at radius 2 is 2.05 bits per heavy atom. The van der Waals surface area contributed by atoms with Crippen LogP contribution in [0.3, 0.4) is 0 Å². The molecule has 0 aliphatic heterocycles. The fourth-order valence-corrected chi connectivity index (χ4v) is 2.57. The monoisotopic (exact) mass is 352 g/mol. The summed E-state index contributed by atoms with van der Waals surface area (Å²) < 4.78 is 6.77. The summed E-state index contributed by atoms with van der Waals surface area (Å²) in [5.41, 5.74) is 0.265. The summed E-state index contributed by atoms with van der Waals surface area (Å²) >= 11 is 3.47. The first-order valence-corrected chi connectivity index (χ1v) is 8.05. The number of carbonyl (C=O) groups excluding carboxylic acids is 1. The van der Waals surface area contributed by atoms with Crippen molar-refractivity contribution < 1.29 is 9.53 Å². The van der Waals surface area contributed by atoms with Crippen LogP contribution in [-0.4, -0.2) is 18.0 Å². The Balaban J connectivity index is 2.74. The van der Waals surface area contributed by atoms with Crippen LogP contribution >= 0.6 is 15.9 Å². The van der Waals surface area contributed by atoms with Crippen molar-refractivity contribution in [1.29, 1.82) is 0 Å². The van der Waals surface area contributed by atoms with E-state index in [1.54, 1.807) is 13.0 Å². The summed E-state index contributed by atoms with van der Waals surface area (Å²) in [4.78, 5) is 12.2. The molecule has 0 spiro atoms. The summed E-state index contributed by atoms with van der Waals surface area (Å²) in [7, 11) is 0. The molecule has 0 bridgehead atoms. The molecule has 0 radical (unpaired) electrons. The average Bonchev–Trinajstić information content (AvgIpc) is 2.43. The van der Waals surface area contributed by atoms with E-state index < -0.39 is 5.41 Å². The van der Waals surface area contributed by atoms with E-state index in [0.29, 0.717) is 6.61 Å². The van der Waals surface area contributed by atoms with Gasteiger partial charge in [0.1, 0.15) is 5.78 Å². The second kappa shape index (κ2) is 7.37. The summed E-state index contributed by atoms with van der Waals surface area (Å²) in [5.74, 6) is 0.184. The normalized spacial score (nSPS) is 14.5. The van der Waals surface area contributed by atoms with Crippen LogP contribution in [0, 0.1) is 0 Å². The van der Waals surface area contributed by atoms with E-state index in [1.165, 1.54) is 0 Å². The van der Waals surface area contributed by atoms with E-state index in [1.807, 2.05) is 45.0 Å². The van der Waals surface area contributed by atoms with Gasteiger partial charge in [0.15, 0.2) is 0 Å². The maximum atomic E-state index is 12.2. The SMILES string of the molecule is C=CC(C)(C)OCCCC(C)(C(C)=O)c1cccc(Br)c1. The molecular formula is C18H25BrO2. The van der Waals surface area contributed by atoms with Gasteiger partial charge in [-0.15, -0.1) is 6.58 Å². The van der Waals surface area contributed by atoms with Gasteiger partial charge < -0.3 is 4.74 Å². The molecule has 0 fully saturated rings. The Morgan fingerprint density at radius 1 is 1.38 bits per heavy atom. The van der Waals surface area contributed by atoms with E-state index >= 15 is 0 Å². The summed E-state index contributed by atoms with van der Waals surface area (Å²) in [6.07, 6.45) is 3.40. The number of rotatable bonds is 8. The fraction of sp³-hybridized carbons (Fsp3) is 0.500. The molecular weight excluding hydrogens is 328 g/mol. The third-order valence-corrected chi connectivity index (χ3v) is 4.52. The summed E-state index contributed by atoms with van der Waals surface area (Å²) in [5, 5.41) is 0. The van der Waals surface area contributed by atoms with Crippen molar-refractivity contribution in [2.75, 3.05) is 6.61 Å². The Morgan fingerprint density at radius 3 is 2.57 bits per heavy atom. The smallest absolute Gasteiger partial charge is 0.140 e. The number of hydrogen-bond acceptors (Lipinski definition) is 2. The number of ketones is 1. The second-order valence-electron chi connectivity index (χ2n) is 6.16. The Hall–Kier alpha value is -0.930. The zero-order chi connectivity index (χ0) is 16.1. The zero-order valence-corrected chi connectivity index (χ0v) is 15.0. The molecule has 0 aromatic heterocycles. The first kappa shape index (κ1) is 18.1. The predicted octanol–water partition coefficient (Wildman–Crippen LogP) is 5.06. The lowest BCUT2D eigenvalue weighted by Crippen LogP contribution is -2.31. The van der Waals surface area contributed by atoms with Crippen LogP contribution < -0.4 is 0 Å². The number of carbonyl (C=O) groups is 1. The number of halogens is 1. The van der Waals surface area contributed by atoms with E-state index in [0.717, 1.165) is 22.9 Å². The molecule has 1 aromatic rings. The number of benzene rings is 1. The van der Waals surface area contributed by atoms with E-state index in [2.05, 4.69) is 22.5 Å². The highest BCUT2D eigenvalue weighted by atomic mass is 79.9. The quantitative estimate of drug-likeness (QED) is 0.482. The maximum absolute atomic E-state index is 12.2. The van der Waals surface area contributed by atoms with Crippen molar-refractivity contribution in [1.82, 2.24) is 0 Å². The summed E-state index contributed by atoms with van der Waals surface area (Å²) in [6, 6.07) is 7.98. The second-order valence-corrected chi connectivity index (χ2v) is 7.07. The predicted molar refractivity (Wildman–Crippen MR) is 91.6 cm³/mol. The minimum Gasteiger partial charge on any atom is -0.372 e. The van der Waals surface area contributed by atoms with Crippen molar-refractivity contribution in [3.63, 3.8) is 0 Å². The van der Waals surface area contributed by atoms with Crippen LogP contribution in [0.15, 0.2) is 41.4 Å². The lowest BCUT2D eigenvalue weighted by Gasteiger charge is -2.28. The third kappa shape index (κ3) is 5.08. The molecule has 1 aromatic carbocycles. The van der Waals surface area contributed by atoms with Gasteiger partial charge >= 0.3 is 0 Å². The van der Waals surface area contributed by atoms with Crippen molar-refractivity contribution in [2.45, 2.75) is 51.6 Å². The minimum atomic E-state index is -0.467. The third-order valence-electron chi connectivity index (χ3n) is 4.03. The molecule has 2 nitrogen and oxygen atoms in total. The number of hydrogen-bond donors (Lipinski definition) is 0. The molecule has 0 aliphatic carbocycles. The lowest BCUT2D eigenvalue weighted by atomic mass is 9.75. The molecule has 0 heterocycles. The largest absolute Gasteiger partial charge is 0.372 e. The molecule has 1 atom stereocenters. The van der Waals surface area contributed by atoms with Crippen molar-refractivity contribution in [3.8, 4) is 0 Å². The van der Waals surface area contributed by atoms with Gasteiger partial charge in [0.25, 0.3) is 0 Å². The van der Waals surface area contributed by atoms with Gasteiger partial charge in [-0.3, -0.25) is 4.79 Å². The standard InChI is InChI=1S/C18H25BrO2/c1-6-17(3,4)21-12-8-11-18(5,14(2)20)15-9-7-10-16(19)13-15/h6-7,9-10,13H,1,8,11-12H2,2-5H3. The molecule has 21 heavy (non-hydrogen) atoms. The van der Waals surface area contributed by atoms with E-state index in [-0.39, 0.29) is 11.4 Å². The van der Waals surface area contributed by atoms with Crippen LogP contribution in [-0.2, 0) is 14.9 Å². The lowest BCUT2D eigenvalue weighted by molar-refractivity contribution is -0.122. The molecule has 0 saturated heterocycles. The molecule has 0 saturated carbocycles. The molecule has 0 aliphatic rings. The molecule has 3 heteroatoms. The Labute approximate surface area is 136 Å². The maximum Gasteiger partial charge on any atom is 0.140 e. The first-order valence-electron chi connectivity index (χ1n) is 7.26. The van der Waals surface area contributed by atoms with Crippen LogP contribution in [0.25, 0.3) is 0 Å². The van der Waals surface area contributed by atoms with Crippen LogP contribution in [0.5, 0.6) is 0 Å². The first-order chi connectivity index (χ1) is 9.71. The van der Waals surface area contributed by atoms with Crippen LogP contribution in [0.4, 0.5) is 0 Å². The average molecular weight is 353 g/mol. The van der Waals surface area contributed by atoms with Crippen molar-refractivity contribution >= 4 is 21.7 Å². The number of Topliss-reactive ketones (excluding diaryl/α,β-unsaturated/α-hetero) is 1. The molecule has 116 valence electrons. The number of ether oxygens (including phenoxy) is 1. The zero-order valence-electron chi connectivity index (χ0n) is 13.4. The van der Waals surface area contributed by atoms with Gasteiger partial charge in [-0.1, -0.05) is 34.1 Å². The molecule has 0 N–H and O–H groups in total. The molecule has 1 rings (SSSR count). The van der Waals surface area contributed by atoms with E-state index in [4.69, 9.17) is 4.74 Å². The van der Waals surface area contributed by atoms with Gasteiger partial charge in [-0.05, 0) is 58.2 Å².